The second kappa shape index (κ2) is 7.68. The normalized spacial score (nSPS) is 16.9. The summed E-state index contributed by atoms with van der Waals surface area (Å²) in [7, 11) is 0. The monoisotopic (exact) mass is 312 g/mol. The van der Waals surface area contributed by atoms with Gasteiger partial charge in [0, 0.05) is 29.1 Å². The average molecular weight is 312 g/mol. The van der Waals surface area contributed by atoms with Gasteiger partial charge in [-0.2, -0.15) is 0 Å². The Morgan fingerprint density at radius 3 is 2.68 bits per heavy atom. The summed E-state index contributed by atoms with van der Waals surface area (Å²) in [6.07, 6.45) is 15.0. The molecule has 1 fully saturated rings. The molecule has 2 nitrogen and oxygen atoms in total. The molecule has 0 amide bonds. The van der Waals surface area contributed by atoms with E-state index in [-0.39, 0.29) is 0 Å². The van der Waals surface area contributed by atoms with Crippen LogP contribution in [0.25, 0.3) is 6.08 Å². The lowest BCUT2D eigenvalue weighted by Crippen LogP contribution is -2.07. The van der Waals surface area contributed by atoms with Crippen molar-refractivity contribution in [2.24, 2.45) is 0 Å². The minimum atomic E-state index is 0.832. The van der Waals surface area contributed by atoms with Gasteiger partial charge in [-0.15, -0.1) is 11.8 Å². The Morgan fingerprint density at radius 2 is 2.00 bits per heavy atom. The van der Waals surface area contributed by atoms with Gasteiger partial charge in [0.1, 0.15) is 0 Å². The number of hydrogen-bond donors (Lipinski definition) is 0. The van der Waals surface area contributed by atoms with Crippen LogP contribution in [-0.2, 0) is 6.54 Å². The number of imidazole rings is 1. The number of thioether (sulfide) groups is 1. The molecule has 0 unspecified atom stereocenters. The SMILES string of the molecule is CC(=Cc1ccc(SC2CCCCC2)cc1)Cn1ccnc1. The number of rotatable bonds is 5. The number of hydrogen-bond acceptors (Lipinski definition) is 2. The molecule has 0 aliphatic heterocycles. The van der Waals surface area contributed by atoms with Gasteiger partial charge < -0.3 is 4.57 Å². The van der Waals surface area contributed by atoms with Crippen LogP contribution in [0.3, 0.4) is 0 Å². The molecule has 116 valence electrons. The van der Waals surface area contributed by atoms with Gasteiger partial charge in [0.2, 0.25) is 0 Å². The Balaban J connectivity index is 1.58. The second-order valence-corrected chi connectivity index (χ2v) is 7.55. The summed E-state index contributed by atoms with van der Waals surface area (Å²) >= 11 is 2.06. The van der Waals surface area contributed by atoms with Crippen LogP contribution in [-0.4, -0.2) is 14.8 Å². The lowest BCUT2D eigenvalue weighted by Gasteiger charge is -2.20. The first-order valence-corrected chi connectivity index (χ1v) is 9.07. The highest BCUT2D eigenvalue weighted by Gasteiger charge is 2.14. The van der Waals surface area contributed by atoms with Gasteiger partial charge in [0.25, 0.3) is 0 Å². The molecule has 2 aromatic rings. The first kappa shape index (κ1) is 15.4. The van der Waals surface area contributed by atoms with Crippen LogP contribution in [0.4, 0.5) is 0 Å². The molecule has 3 heteroatoms. The predicted molar refractivity (Wildman–Crippen MR) is 95.1 cm³/mol. The third-order valence-corrected chi connectivity index (χ3v) is 5.49. The van der Waals surface area contributed by atoms with E-state index in [0.717, 1.165) is 11.8 Å². The Labute approximate surface area is 137 Å². The third-order valence-electron chi connectivity index (χ3n) is 4.14. The van der Waals surface area contributed by atoms with Crippen molar-refractivity contribution in [2.75, 3.05) is 0 Å². The van der Waals surface area contributed by atoms with Gasteiger partial charge >= 0.3 is 0 Å². The van der Waals surface area contributed by atoms with Crippen molar-refractivity contribution in [3.63, 3.8) is 0 Å². The molecule has 0 saturated heterocycles. The van der Waals surface area contributed by atoms with Gasteiger partial charge in [-0.3, -0.25) is 0 Å². The van der Waals surface area contributed by atoms with Crippen LogP contribution in [0.5, 0.6) is 0 Å². The quantitative estimate of drug-likeness (QED) is 0.734. The third kappa shape index (κ3) is 4.51. The van der Waals surface area contributed by atoms with E-state index in [2.05, 4.69) is 58.6 Å². The summed E-state index contributed by atoms with van der Waals surface area (Å²) in [6, 6.07) is 9.02. The molecule has 1 aliphatic carbocycles. The second-order valence-electron chi connectivity index (χ2n) is 6.17. The van der Waals surface area contributed by atoms with E-state index in [9.17, 15) is 0 Å². The van der Waals surface area contributed by atoms with E-state index in [1.54, 1.807) is 0 Å². The van der Waals surface area contributed by atoms with Gasteiger partial charge in [-0.1, -0.05) is 43.0 Å². The van der Waals surface area contributed by atoms with Crippen molar-refractivity contribution >= 4 is 17.8 Å². The standard InChI is InChI=1S/C19H24N2S/c1-16(14-21-12-11-20-15-21)13-17-7-9-19(10-8-17)22-18-5-3-2-4-6-18/h7-13,15,18H,2-6,14H2,1H3. The summed E-state index contributed by atoms with van der Waals surface area (Å²) < 4.78 is 2.10. The number of allylic oxidation sites excluding steroid dienone is 1. The van der Waals surface area contributed by atoms with Crippen LogP contribution in [0.1, 0.15) is 44.6 Å². The van der Waals surface area contributed by atoms with Crippen LogP contribution in [0, 0.1) is 0 Å². The molecular formula is C19H24N2S. The molecule has 1 saturated carbocycles. The molecule has 3 rings (SSSR count). The van der Waals surface area contributed by atoms with Crippen LogP contribution in [0.15, 0.2) is 53.5 Å². The van der Waals surface area contributed by atoms with Crippen molar-refractivity contribution in [2.45, 2.75) is 55.7 Å². The highest BCUT2D eigenvalue weighted by Crippen LogP contribution is 2.33. The molecule has 22 heavy (non-hydrogen) atoms. The van der Waals surface area contributed by atoms with Crippen molar-refractivity contribution in [1.29, 1.82) is 0 Å². The zero-order valence-corrected chi connectivity index (χ0v) is 14.1. The lowest BCUT2D eigenvalue weighted by atomic mass is 10.0. The zero-order valence-electron chi connectivity index (χ0n) is 13.2. The molecule has 1 aliphatic rings. The minimum Gasteiger partial charge on any atom is -0.333 e. The average Bonchev–Trinajstić information content (AvgIpc) is 3.03. The molecule has 0 bridgehead atoms. The molecule has 0 atom stereocenters. The highest BCUT2D eigenvalue weighted by molar-refractivity contribution is 8.00. The fourth-order valence-corrected chi connectivity index (χ4v) is 4.26. The molecule has 1 heterocycles. The maximum absolute atomic E-state index is 4.08. The van der Waals surface area contributed by atoms with E-state index in [4.69, 9.17) is 0 Å². The van der Waals surface area contributed by atoms with E-state index in [0.29, 0.717) is 0 Å². The van der Waals surface area contributed by atoms with Crippen molar-refractivity contribution in [3.8, 4) is 0 Å². The number of nitrogens with zero attached hydrogens (tertiary/aromatic N) is 2. The molecule has 1 aromatic carbocycles. The smallest absolute Gasteiger partial charge is 0.0948 e. The maximum Gasteiger partial charge on any atom is 0.0948 e. The molecule has 0 radical (unpaired) electrons. The highest BCUT2D eigenvalue weighted by atomic mass is 32.2. The Morgan fingerprint density at radius 1 is 1.23 bits per heavy atom. The Kier molecular flexibility index (Phi) is 5.38. The summed E-state index contributed by atoms with van der Waals surface area (Å²) in [6.45, 7) is 3.07. The van der Waals surface area contributed by atoms with Gasteiger partial charge in [-0.05, 0) is 37.5 Å². The maximum atomic E-state index is 4.08. The van der Waals surface area contributed by atoms with Gasteiger partial charge in [0.15, 0.2) is 0 Å². The van der Waals surface area contributed by atoms with Gasteiger partial charge in [0.05, 0.1) is 6.33 Å². The van der Waals surface area contributed by atoms with Gasteiger partial charge in [-0.25, -0.2) is 4.98 Å². The largest absolute Gasteiger partial charge is 0.333 e. The summed E-state index contributed by atoms with van der Waals surface area (Å²) in [5.74, 6) is 0. The molecule has 0 N–H and O–H groups in total. The molecule has 1 aromatic heterocycles. The molecule has 0 spiro atoms. The number of aromatic nitrogens is 2. The summed E-state index contributed by atoms with van der Waals surface area (Å²) in [4.78, 5) is 5.50. The van der Waals surface area contributed by atoms with Crippen LogP contribution < -0.4 is 0 Å². The van der Waals surface area contributed by atoms with Crippen LogP contribution >= 0.6 is 11.8 Å². The fourth-order valence-electron chi connectivity index (χ4n) is 3.02. The van der Waals surface area contributed by atoms with E-state index < -0.39 is 0 Å². The van der Waals surface area contributed by atoms with Crippen LogP contribution in [0.2, 0.25) is 0 Å². The summed E-state index contributed by atoms with van der Waals surface area (Å²) in [5.41, 5.74) is 2.62. The van der Waals surface area contributed by atoms with E-state index in [1.807, 2.05) is 18.7 Å². The molecular weight excluding hydrogens is 288 g/mol. The van der Waals surface area contributed by atoms with Crippen molar-refractivity contribution in [1.82, 2.24) is 9.55 Å². The fraction of sp³-hybridized carbons (Fsp3) is 0.421. The van der Waals surface area contributed by atoms with Crippen molar-refractivity contribution < 1.29 is 0 Å². The predicted octanol–water partition coefficient (Wildman–Crippen LogP) is 5.41. The lowest BCUT2D eigenvalue weighted by molar-refractivity contribution is 0.516. The van der Waals surface area contributed by atoms with E-state index >= 15 is 0 Å². The number of benzene rings is 1. The Hall–Kier alpha value is -1.48. The minimum absolute atomic E-state index is 0.832. The first-order chi connectivity index (χ1) is 10.8. The first-order valence-electron chi connectivity index (χ1n) is 8.19. The summed E-state index contributed by atoms with van der Waals surface area (Å²) in [5, 5.41) is 0.832. The van der Waals surface area contributed by atoms with Crippen molar-refractivity contribution in [3.05, 3.63) is 54.1 Å². The van der Waals surface area contributed by atoms with E-state index in [1.165, 1.54) is 48.1 Å². The Bertz CT molecular complexity index is 593. The topological polar surface area (TPSA) is 17.8 Å². The zero-order chi connectivity index (χ0) is 15.2.